The number of hydrogen-bond acceptors (Lipinski definition) is 3. The molecule has 0 aliphatic heterocycles. The molecule has 1 aromatic carbocycles. The molecule has 98 valence electrons. The van der Waals surface area contributed by atoms with Crippen LogP contribution in [0.5, 0.6) is 0 Å². The molecule has 0 heterocycles. The number of hydrogen-bond donors (Lipinski definition) is 2. The number of aliphatic carboxylic acids is 1. The SMILES string of the molecule is COC(CNC(=O)c1cc(Cl)ccc1Br)C(=O)O. The van der Waals surface area contributed by atoms with E-state index in [1.54, 1.807) is 12.1 Å². The van der Waals surface area contributed by atoms with Crippen molar-refractivity contribution in [2.75, 3.05) is 13.7 Å². The van der Waals surface area contributed by atoms with Gasteiger partial charge in [-0.05, 0) is 34.1 Å². The number of amides is 1. The fourth-order valence-corrected chi connectivity index (χ4v) is 1.82. The van der Waals surface area contributed by atoms with Crippen LogP contribution >= 0.6 is 27.5 Å². The monoisotopic (exact) mass is 335 g/mol. The van der Waals surface area contributed by atoms with Crippen molar-refractivity contribution >= 4 is 39.4 Å². The minimum atomic E-state index is -1.14. The zero-order chi connectivity index (χ0) is 13.7. The number of nitrogens with one attached hydrogen (secondary N) is 1. The summed E-state index contributed by atoms with van der Waals surface area (Å²) in [5.41, 5.74) is 0.336. The predicted octanol–water partition coefficient (Wildman–Crippen LogP) is 1.93. The number of carbonyl (C=O) groups excluding carboxylic acids is 1. The van der Waals surface area contributed by atoms with Gasteiger partial charge in [0.05, 0.1) is 12.1 Å². The molecule has 0 saturated heterocycles. The lowest BCUT2D eigenvalue weighted by atomic mass is 10.2. The molecule has 7 heteroatoms. The molecule has 0 bridgehead atoms. The van der Waals surface area contributed by atoms with E-state index in [1.165, 1.54) is 13.2 Å². The van der Waals surface area contributed by atoms with Gasteiger partial charge in [-0.1, -0.05) is 11.6 Å². The molecule has 1 atom stereocenters. The number of halogens is 2. The minimum absolute atomic E-state index is 0.121. The molecule has 0 fully saturated rings. The number of benzene rings is 1. The van der Waals surface area contributed by atoms with Crippen molar-refractivity contribution in [1.29, 1.82) is 0 Å². The highest BCUT2D eigenvalue weighted by Gasteiger charge is 2.18. The van der Waals surface area contributed by atoms with Crippen molar-refractivity contribution in [1.82, 2.24) is 5.32 Å². The Kier molecular flexibility index (Phi) is 5.58. The number of carbonyl (C=O) groups is 2. The van der Waals surface area contributed by atoms with E-state index in [-0.39, 0.29) is 6.54 Å². The number of carboxylic acids is 1. The molecule has 2 N–H and O–H groups in total. The van der Waals surface area contributed by atoms with Crippen LogP contribution in [0.1, 0.15) is 10.4 Å². The molecular weight excluding hydrogens is 325 g/mol. The molecule has 1 rings (SSSR count). The van der Waals surface area contributed by atoms with Crippen molar-refractivity contribution in [3.63, 3.8) is 0 Å². The summed E-state index contributed by atoms with van der Waals surface area (Å²) in [5, 5.41) is 11.6. The van der Waals surface area contributed by atoms with Crippen molar-refractivity contribution < 1.29 is 19.4 Å². The fraction of sp³-hybridized carbons (Fsp3) is 0.273. The Morgan fingerprint density at radius 1 is 1.56 bits per heavy atom. The molecule has 0 saturated carbocycles. The van der Waals surface area contributed by atoms with E-state index in [4.69, 9.17) is 21.4 Å². The molecule has 0 aromatic heterocycles. The lowest BCUT2D eigenvalue weighted by molar-refractivity contribution is -0.148. The van der Waals surface area contributed by atoms with Gasteiger partial charge in [0.15, 0.2) is 6.10 Å². The maximum absolute atomic E-state index is 11.8. The highest BCUT2D eigenvalue weighted by Crippen LogP contribution is 2.20. The summed E-state index contributed by atoms with van der Waals surface area (Å²) in [6, 6.07) is 4.77. The van der Waals surface area contributed by atoms with Gasteiger partial charge < -0.3 is 15.2 Å². The predicted molar refractivity (Wildman–Crippen MR) is 69.9 cm³/mol. The molecule has 0 spiro atoms. The largest absolute Gasteiger partial charge is 0.479 e. The number of methoxy groups -OCH3 is 1. The standard InChI is InChI=1S/C11H11BrClNO4/c1-18-9(11(16)17)5-14-10(15)7-4-6(13)2-3-8(7)12/h2-4,9H,5H2,1H3,(H,14,15)(H,16,17). The summed E-state index contributed by atoms with van der Waals surface area (Å²) in [6.07, 6.45) is -1.08. The van der Waals surface area contributed by atoms with Crippen LogP contribution in [0.2, 0.25) is 5.02 Å². The first kappa shape index (κ1) is 14.9. The van der Waals surface area contributed by atoms with E-state index in [2.05, 4.69) is 21.2 Å². The Morgan fingerprint density at radius 3 is 2.78 bits per heavy atom. The third kappa shape index (κ3) is 3.97. The summed E-state index contributed by atoms with van der Waals surface area (Å²) >= 11 is 9.00. The Labute approximate surface area is 117 Å². The maximum Gasteiger partial charge on any atom is 0.334 e. The van der Waals surface area contributed by atoms with Gasteiger partial charge in [-0.2, -0.15) is 0 Å². The van der Waals surface area contributed by atoms with Crippen LogP contribution in [0.4, 0.5) is 0 Å². The van der Waals surface area contributed by atoms with Crippen LogP contribution in [0, 0.1) is 0 Å². The van der Waals surface area contributed by atoms with Crippen LogP contribution < -0.4 is 5.32 Å². The molecule has 0 aliphatic rings. The van der Waals surface area contributed by atoms with E-state index in [9.17, 15) is 9.59 Å². The van der Waals surface area contributed by atoms with E-state index in [1.807, 2.05) is 0 Å². The van der Waals surface area contributed by atoms with Gasteiger partial charge in [-0.3, -0.25) is 4.79 Å². The number of ether oxygens (including phenoxy) is 1. The van der Waals surface area contributed by atoms with Gasteiger partial charge in [0.2, 0.25) is 0 Å². The minimum Gasteiger partial charge on any atom is -0.479 e. The van der Waals surface area contributed by atoms with Crippen LogP contribution in [0.25, 0.3) is 0 Å². The fourth-order valence-electron chi connectivity index (χ4n) is 1.22. The van der Waals surface area contributed by atoms with Crippen molar-refractivity contribution in [3.05, 3.63) is 33.3 Å². The molecule has 18 heavy (non-hydrogen) atoms. The quantitative estimate of drug-likeness (QED) is 0.861. The van der Waals surface area contributed by atoms with Gasteiger partial charge in [-0.15, -0.1) is 0 Å². The topological polar surface area (TPSA) is 75.6 Å². The highest BCUT2D eigenvalue weighted by atomic mass is 79.9. The number of rotatable bonds is 5. The molecule has 1 unspecified atom stereocenters. The lowest BCUT2D eigenvalue weighted by Crippen LogP contribution is -2.37. The number of carboxylic acid groups (broad SMARTS) is 1. The Bertz CT molecular complexity index is 466. The van der Waals surface area contributed by atoms with Crippen LogP contribution in [0.3, 0.4) is 0 Å². The normalized spacial score (nSPS) is 11.9. The zero-order valence-corrected chi connectivity index (χ0v) is 11.8. The van der Waals surface area contributed by atoms with Crippen LogP contribution in [-0.4, -0.2) is 36.7 Å². The maximum atomic E-state index is 11.8. The summed E-state index contributed by atoms with van der Waals surface area (Å²) in [6.45, 7) is -0.121. The first-order chi connectivity index (χ1) is 8.45. The third-order valence-electron chi connectivity index (χ3n) is 2.18. The van der Waals surface area contributed by atoms with Gasteiger partial charge >= 0.3 is 5.97 Å². The van der Waals surface area contributed by atoms with Crippen molar-refractivity contribution in [3.8, 4) is 0 Å². The van der Waals surface area contributed by atoms with E-state index < -0.39 is 18.0 Å². The molecule has 1 aromatic rings. The second-order valence-electron chi connectivity index (χ2n) is 3.40. The first-order valence-corrected chi connectivity index (χ1v) is 6.11. The second-order valence-corrected chi connectivity index (χ2v) is 4.69. The van der Waals surface area contributed by atoms with Gasteiger partial charge in [0.1, 0.15) is 0 Å². The van der Waals surface area contributed by atoms with E-state index in [0.717, 1.165) is 0 Å². The van der Waals surface area contributed by atoms with E-state index >= 15 is 0 Å². The third-order valence-corrected chi connectivity index (χ3v) is 3.11. The average Bonchev–Trinajstić information content (AvgIpc) is 2.32. The molecule has 1 amide bonds. The van der Waals surface area contributed by atoms with Crippen LogP contribution in [0.15, 0.2) is 22.7 Å². The Morgan fingerprint density at radius 2 is 2.22 bits per heavy atom. The summed E-state index contributed by atoms with van der Waals surface area (Å²) in [5.74, 6) is -1.56. The van der Waals surface area contributed by atoms with Gasteiger partial charge in [0.25, 0.3) is 5.91 Å². The smallest absolute Gasteiger partial charge is 0.334 e. The molecule has 5 nitrogen and oxygen atoms in total. The highest BCUT2D eigenvalue weighted by molar-refractivity contribution is 9.10. The van der Waals surface area contributed by atoms with Crippen LogP contribution in [-0.2, 0) is 9.53 Å². The second kappa shape index (κ2) is 6.72. The molecule has 0 aliphatic carbocycles. The lowest BCUT2D eigenvalue weighted by Gasteiger charge is -2.12. The van der Waals surface area contributed by atoms with E-state index in [0.29, 0.717) is 15.1 Å². The van der Waals surface area contributed by atoms with Gasteiger partial charge in [-0.25, -0.2) is 4.79 Å². The Balaban J connectivity index is 2.71. The summed E-state index contributed by atoms with van der Waals surface area (Å²) < 4.78 is 5.28. The molecular formula is C11H11BrClNO4. The van der Waals surface area contributed by atoms with Crippen molar-refractivity contribution in [2.45, 2.75) is 6.10 Å². The first-order valence-electron chi connectivity index (χ1n) is 4.94. The van der Waals surface area contributed by atoms with Gasteiger partial charge in [0, 0.05) is 16.6 Å². The summed E-state index contributed by atoms with van der Waals surface area (Å²) in [7, 11) is 1.26. The summed E-state index contributed by atoms with van der Waals surface area (Å²) in [4.78, 5) is 22.5. The molecule has 0 radical (unpaired) electrons. The average molecular weight is 337 g/mol. The Hall–Kier alpha value is -1.11. The van der Waals surface area contributed by atoms with Crippen molar-refractivity contribution in [2.24, 2.45) is 0 Å². The zero-order valence-electron chi connectivity index (χ0n) is 9.44.